The first-order valence-electron chi connectivity index (χ1n) is 21.1. The Morgan fingerprint density at radius 3 is 1.19 bits per heavy atom. The lowest BCUT2D eigenvalue weighted by Gasteiger charge is -2.26. The molecular formula is C52H54N2O8. The Bertz CT molecular complexity index is 2450. The number of anilines is 2. The first kappa shape index (κ1) is 43.4. The van der Waals surface area contributed by atoms with Crippen molar-refractivity contribution in [3.8, 4) is 0 Å². The number of benzene rings is 6. The molecule has 0 aromatic heterocycles. The highest BCUT2D eigenvalue weighted by atomic mass is 16.6. The zero-order valence-corrected chi connectivity index (χ0v) is 36.5. The van der Waals surface area contributed by atoms with E-state index in [-0.39, 0.29) is 25.0 Å². The summed E-state index contributed by atoms with van der Waals surface area (Å²) >= 11 is 0. The Labute approximate surface area is 362 Å². The average molecular weight is 835 g/mol. The molecule has 2 fully saturated rings. The van der Waals surface area contributed by atoms with Crippen molar-refractivity contribution in [1.29, 1.82) is 0 Å². The van der Waals surface area contributed by atoms with E-state index in [2.05, 4.69) is 10.6 Å². The van der Waals surface area contributed by atoms with Gasteiger partial charge in [-0.05, 0) is 147 Å². The molecule has 2 saturated heterocycles. The highest BCUT2D eigenvalue weighted by Gasteiger charge is 2.58. The molecule has 2 aliphatic rings. The third-order valence-corrected chi connectivity index (χ3v) is 11.0. The second kappa shape index (κ2) is 17.7. The van der Waals surface area contributed by atoms with Gasteiger partial charge in [-0.3, -0.25) is 0 Å². The van der Waals surface area contributed by atoms with Gasteiger partial charge in [-0.25, -0.2) is 19.2 Å². The van der Waals surface area contributed by atoms with Crippen molar-refractivity contribution >= 4 is 56.8 Å². The van der Waals surface area contributed by atoms with Crippen LogP contribution in [0, 0.1) is 27.7 Å². The van der Waals surface area contributed by atoms with Gasteiger partial charge in [0.2, 0.25) is 11.1 Å². The summed E-state index contributed by atoms with van der Waals surface area (Å²) in [5.74, 6) is -2.46. The van der Waals surface area contributed by atoms with Crippen LogP contribution in [0.2, 0.25) is 0 Å². The lowest BCUT2D eigenvalue weighted by atomic mass is 9.91. The second-order valence-electron chi connectivity index (χ2n) is 17.1. The zero-order chi connectivity index (χ0) is 44.3. The minimum absolute atomic E-state index is 0.155. The molecule has 2 N–H and O–H groups in total. The van der Waals surface area contributed by atoms with Gasteiger partial charge in [-0.15, -0.1) is 0 Å². The summed E-state index contributed by atoms with van der Waals surface area (Å²) in [5, 5.41) is 10.7. The first-order chi connectivity index (χ1) is 29.5. The molecule has 0 spiro atoms. The molecule has 62 heavy (non-hydrogen) atoms. The van der Waals surface area contributed by atoms with Crippen molar-refractivity contribution in [3.63, 3.8) is 0 Å². The van der Waals surface area contributed by atoms with Gasteiger partial charge in [-0.2, -0.15) is 0 Å². The number of nitrogens with one attached hydrogen (secondary N) is 2. The number of ether oxygens (including phenoxy) is 4. The van der Waals surface area contributed by atoms with Gasteiger partial charge in [0, 0.05) is 24.2 Å². The fraction of sp³-hybridized carbons (Fsp3) is 0.308. The molecule has 6 aromatic carbocycles. The Morgan fingerprint density at radius 1 is 0.516 bits per heavy atom. The molecule has 0 saturated carbocycles. The van der Waals surface area contributed by atoms with Gasteiger partial charge in [0.1, 0.15) is 12.2 Å². The van der Waals surface area contributed by atoms with Crippen LogP contribution in [0.1, 0.15) is 86.1 Å². The standard InChI is InChI=1S/2C26H27NO4/c2*1-16(2)30-24(28)26(27-22-12-17(3)11-18(4)13-22)15-23(31-25(26)29)21-10-9-19-7-5-6-8-20(19)14-21/h2*5-14,16,23,27H,15H2,1-4H3/t23-,26+;23-,26-/m11/s1. The van der Waals surface area contributed by atoms with Crippen LogP contribution in [0.15, 0.2) is 121 Å². The summed E-state index contributed by atoms with van der Waals surface area (Å²) in [6.07, 6.45) is -1.48. The van der Waals surface area contributed by atoms with Gasteiger partial charge in [0.25, 0.3) is 0 Å². The molecule has 2 aliphatic heterocycles. The Kier molecular flexibility index (Phi) is 12.4. The summed E-state index contributed by atoms with van der Waals surface area (Å²) < 4.78 is 22.5. The molecule has 4 atom stereocenters. The van der Waals surface area contributed by atoms with Crippen LogP contribution in [-0.4, -0.2) is 47.2 Å². The van der Waals surface area contributed by atoms with Crippen molar-refractivity contribution in [1.82, 2.24) is 0 Å². The number of carbonyl (C=O) groups excluding carboxylic acids is 4. The maximum Gasteiger partial charge on any atom is 0.344 e. The van der Waals surface area contributed by atoms with Crippen molar-refractivity contribution in [2.75, 3.05) is 10.6 Å². The largest absolute Gasteiger partial charge is 0.461 e. The minimum atomic E-state index is -1.60. The fourth-order valence-electron chi connectivity index (χ4n) is 8.31. The maximum atomic E-state index is 13.2. The van der Waals surface area contributed by atoms with Crippen LogP contribution in [0.4, 0.5) is 11.4 Å². The molecule has 10 heteroatoms. The maximum absolute atomic E-state index is 13.2. The van der Waals surface area contributed by atoms with E-state index in [0.29, 0.717) is 11.4 Å². The molecule has 8 rings (SSSR count). The number of rotatable bonds is 10. The smallest absolute Gasteiger partial charge is 0.344 e. The Morgan fingerprint density at radius 2 is 0.855 bits per heavy atom. The number of cyclic esters (lactones) is 2. The Balaban J connectivity index is 0.000000186. The van der Waals surface area contributed by atoms with Crippen molar-refractivity contribution in [2.45, 2.75) is 104 Å². The van der Waals surface area contributed by atoms with E-state index in [1.807, 2.05) is 149 Å². The highest BCUT2D eigenvalue weighted by Crippen LogP contribution is 2.42. The van der Waals surface area contributed by atoms with Crippen LogP contribution >= 0.6 is 0 Å². The molecule has 6 aromatic rings. The Hall–Kier alpha value is -6.68. The third-order valence-electron chi connectivity index (χ3n) is 11.0. The van der Waals surface area contributed by atoms with Gasteiger partial charge in [-0.1, -0.05) is 84.9 Å². The molecule has 0 amide bonds. The predicted octanol–water partition coefficient (Wildman–Crippen LogP) is 10.5. The molecule has 320 valence electrons. The first-order valence-corrected chi connectivity index (χ1v) is 21.1. The van der Waals surface area contributed by atoms with Gasteiger partial charge in [0.05, 0.1) is 12.2 Å². The van der Waals surface area contributed by atoms with E-state index < -0.39 is 47.2 Å². The summed E-state index contributed by atoms with van der Waals surface area (Å²) in [7, 11) is 0. The van der Waals surface area contributed by atoms with Crippen LogP contribution in [0.25, 0.3) is 21.5 Å². The highest BCUT2D eigenvalue weighted by molar-refractivity contribution is 6.10. The van der Waals surface area contributed by atoms with E-state index >= 15 is 0 Å². The van der Waals surface area contributed by atoms with Crippen molar-refractivity contribution < 1.29 is 38.1 Å². The molecule has 0 unspecified atom stereocenters. The number of hydrogen-bond acceptors (Lipinski definition) is 10. The summed E-state index contributed by atoms with van der Waals surface area (Å²) in [5.41, 5.74) is 4.03. The van der Waals surface area contributed by atoms with Crippen LogP contribution < -0.4 is 10.6 Å². The monoisotopic (exact) mass is 834 g/mol. The predicted molar refractivity (Wildman–Crippen MR) is 242 cm³/mol. The molecular weight excluding hydrogens is 781 g/mol. The van der Waals surface area contributed by atoms with Crippen LogP contribution in [-0.2, 0) is 38.1 Å². The van der Waals surface area contributed by atoms with E-state index in [4.69, 9.17) is 18.9 Å². The van der Waals surface area contributed by atoms with Gasteiger partial charge >= 0.3 is 23.9 Å². The number of aryl methyl sites for hydroxylation is 4. The minimum Gasteiger partial charge on any atom is -0.461 e. The normalized spacial score (nSPS) is 20.7. The number of fused-ring (bicyclic) bond motifs is 2. The summed E-state index contributed by atoms with van der Waals surface area (Å²) in [4.78, 5) is 52.6. The SMILES string of the molecule is Cc1cc(C)cc(N[C@@]2(C(=O)OC(C)C)C[C@H](c3ccc4ccccc4c3)OC2=O)c1.Cc1cc(C)cc(N[C@]2(C(=O)OC(C)C)C[C@H](c3ccc4ccccc4c3)OC2=O)c1. The summed E-state index contributed by atoms with van der Waals surface area (Å²) in [6, 6.07) is 39.6. The molecule has 0 aliphatic carbocycles. The van der Waals surface area contributed by atoms with Gasteiger partial charge < -0.3 is 29.6 Å². The molecule has 0 bridgehead atoms. The van der Waals surface area contributed by atoms with E-state index in [0.717, 1.165) is 54.9 Å². The van der Waals surface area contributed by atoms with Crippen molar-refractivity contribution in [3.05, 3.63) is 155 Å². The lowest BCUT2D eigenvalue weighted by molar-refractivity contribution is -0.161. The zero-order valence-electron chi connectivity index (χ0n) is 36.5. The number of carbonyl (C=O) groups is 4. The van der Waals surface area contributed by atoms with E-state index in [1.54, 1.807) is 27.7 Å². The fourth-order valence-corrected chi connectivity index (χ4v) is 8.31. The van der Waals surface area contributed by atoms with E-state index in [9.17, 15) is 19.2 Å². The van der Waals surface area contributed by atoms with Gasteiger partial charge in [0.15, 0.2) is 0 Å². The number of esters is 4. The van der Waals surface area contributed by atoms with Crippen molar-refractivity contribution in [2.24, 2.45) is 0 Å². The second-order valence-corrected chi connectivity index (χ2v) is 17.1. The molecule has 2 heterocycles. The molecule has 10 nitrogen and oxygen atoms in total. The summed E-state index contributed by atoms with van der Waals surface area (Å²) in [6.45, 7) is 15.0. The molecule has 0 radical (unpaired) electrons. The topological polar surface area (TPSA) is 129 Å². The van der Waals surface area contributed by atoms with Crippen LogP contribution in [0.5, 0.6) is 0 Å². The quantitative estimate of drug-likeness (QED) is 0.0782. The van der Waals surface area contributed by atoms with Crippen LogP contribution in [0.3, 0.4) is 0 Å². The third kappa shape index (κ3) is 9.29. The van der Waals surface area contributed by atoms with E-state index in [1.165, 1.54) is 0 Å². The lowest BCUT2D eigenvalue weighted by Crippen LogP contribution is -2.52. The average Bonchev–Trinajstić information content (AvgIpc) is 3.73. The number of hydrogen-bond donors (Lipinski definition) is 2.